The quantitative estimate of drug-likeness (QED) is 0.442. The van der Waals surface area contributed by atoms with Crippen molar-refractivity contribution in [3.05, 3.63) is 12.7 Å². The van der Waals surface area contributed by atoms with Crippen LogP contribution < -0.4 is 0 Å². The van der Waals surface area contributed by atoms with Crippen LogP contribution in [0, 0.1) is 11.8 Å². The van der Waals surface area contributed by atoms with E-state index in [1.165, 1.54) is 6.08 Å². The Morgan fingerprint density at radius 2 is 1.81 bits per heavy atom. The fraction of sp³-hybridized carbons (Fsp3) is 0.800. The summed E-state index contributed by atoms with van der Waals surface area (Å²) in [6.07, 6.45) is 5.92. The maximum Gasteiger partial charge on any atom is 0.330 e. The molecule has 0 spiro atoms. The highest BCUT2D eigenvalue weighted by atomic mass is 32.2. The van der Waals surface area contributed by atoms with Gasteiger partial charge in [-0.2, -0.15) is 8.42 Å². The molecule has 4 aliphatic carbocycles. The summed E-state index contributed by atoms with van der Waals surface area (Å²) in [7, 11) is -3.50. The summed E-state index contributed by atoms with van der Waals surface area (Å²) in [6.45, 7) is 5.03. The van der Waals surface area contributed by atoms with Crippen molar-refractivity contribution in [2.75, 3.05) is 5.75 Å². The summed E-state index contributed by atoms with van der Waals surface area (Å²) >= 11 is 0. The predicted molar refractivity (Wildman–Crippen MR) is 77.0 cm³/mol. The Labute approximate surface area is 125 Å². The average molecular weight is 314 g/mol. The Bertz CT molecular complexity index is 551. The van der Waals surface area contributed by atoms with Crippen LogP contribution in [0.4, 0.5) is 0 Å². The molecule has 0 aliphatic heterocycles. The molecule has 0 amide bonds. The number of ether oxygens (including phenoxy) is 1. The summed E-state index contributed by atoms with van der Waals surface area (Å²) in [5.41, 5.74) is -1.22. The van der Waals surface area contributed by atoms with E-state index >= 15 is 0 Å². The first-order valence-corrected chi connectivity index (χ1v) is 9.16. The maximum atomic E-state index is 11.9. The maximum absolute atomic E-state index is 11.9. The molecule has 0 heterocycles. The van der Waals surface area contributed by atoms with Crippen LogP contribution >= 0.6 is 0 Å². The molecular weight excluding hydrogens is 292 g/mol. The summed E-state index contributed by atoms with van der Waals surface area (Å²) in [5.74, 6) is 0.320. The second kappa shape index (κ2) is 4.81. The van der Waals surface area contributed by atoms with Crippen molar-refractivity contribution in [3.8, 4) is 0 Å². The molecule has 4 fully saturated rings. The smallest absolute Gasteiger partial charge is 0.330 e. The molecule has 0 radical (unpaired) electrons. The summed E-state index contributed by atoms with van der Waals surface area (Å²) < 4.78 is 35.1. The van der Waals surface area contributed by atoms with E-state index in [-0.39, 0.29) is 5.75 Å². The van der Waals surface area contributed by atoms with Gasteiger partial charge in [-0.3, -0.25) is 4.18 Å². The van der Waals surface area contributed by atoms with Gasteiger partial charge in [0.25, 0.3) is 10.1 Å². The van der Waals surface area contributed by atoms with Gasteiger partial charge in [-0.05, 0) is 50.9 Å². The molecule has 4 saturated carbocycles. The van der Waals surface area contributed by atoms with Gasteiger partial charge in [-0.15, -0.1) is 0 Å². The minimum Gasteiger partial charge on any atom is -0.456 e. The molecule has 2 unspecified atom stereocenters. The molecule has 2 atom stereocenters. The van der Waals surface area contributed by atoms with Crippen LogP contribution in [0.2, 0.25) is 0 Å². The standard InChI is InChI=1S/C15H22O5S/c1-3-13(16)19-14-6-11-5-12(7-14)9-15(8-11,10-14)20-21(17,18)4-2/h3,11-12H,1,4-10H2,2H3. The van der Waals surface area contributed by atoms with E-state index < -0.39 is 27.3 Å². The van der Waals surface area contributed by atoms with Crippen molar-refractivity contribution in [2.24, 2.45) is 11.8 Å². The fourth-order valence-electron chi connectivity index (χ4n) is 4.90. The third kappa shape index (κ3) is 2.75. The molecule has 118 valence electrons. The van der Waals surface area contributed by atoms with Gasteiger partial charge < -0.3 is 4.74 Å². The molecule has 4 bridgehead atoms. The lowest BCUT2D eigenvalue weighted by atomic mass is 9.52. The fourth-order valence-corrected chi connectivity index (χ4v) is 5.75. The van der Waals surface area contributed by atoms with Gasteiger partial charge in [-0.25, -0.2) is 4.79 Å². The number of carbonyl (C=O) groups is 1. The lowest BCUT2D eigenvalue weighted by Gasteiger charge is -2.60. The van der Waals surface area contributed by atoms with E-state index in [1.54, 1.807) is 6.92 Å². The average Bonchev–Trinajstić information content (AvgIpc) is 2.35. The molecule has 0 N–H and O–H groups in total. The highest BCUT2D eigenvalue weighted by Gasteiger charge is 2.61. The first kappa shape index (κ1) is 15.0. The van der Waals surface area contributed by atoms with Crippen LogP contribution in [0.1, 0.15) is 45.4 Å². The first-order valence-electron chi connectivity index (χ1n) is 7.58. The van der Waals surface area contributed by atoms with E-state index in [4.69, 9.17) is 8.92 Å². The van der Waals surface area contributed by atoms with Crippen LogP contribution in [0.15, 0.2) is 12.7 Å². The molecule has 0 aromatic carbocycles. The van der Waals surface area contributed by atoms with Gasteiger partial charge in [0, 0.05) is 12.5 Å². The highest BCUT2D eigenvalue weighted by Crippen LogP contribution is 2.60. The summed E-state index contributed by atoms with van der Waals surface area (Å²) in [6, 6.07) is 0. The monoisotopic (exact) mass is 314 g/mol. The molecule has 4 rings (SSSR count). The van der Waals surface area contributed by atoms with Gasteiger partial charge in [0.05, 0.1) is 11.4 Å². The Balaban J connectivity index is 1.88. The van der Waals surface area contributed by atoms with E-state index in [0.717, 1.165) is 32.1 Å². The minimum absolute atomic E-state index is 0.0243. The number of carbonyl (C=O) groups excluding carboxylic acids is 1. The number of hydrogen-bond donors (Lipinski definition) is 0. The van der Waals surface area contributed by atoms with E-state index in [9.17, 15) is 13.2 Å². The minimum atomic E-state index is -3.50. The van der Waals surface area contributed by atoms with Crippen LogP contribution in [-0.2, 0) is 23.8 Å². The molecule has 0 aromatic heterocycles. The molecule has 5 nitrogen and oxygen atoms in total. The van der Waals surface area contributed by atoms with E-state index in [2.05, 4.69) is 6.58 Å². The normalized spacial score (nSPS) is 41.0. The third-order valence-electron chi connectivity index (χ3n) is 5.09. The molecule has 4 aliphatic rings. The van der Waals surface area contributed by atoms with Crippen molar-refractivity contribution < 1.29 is 22.1 Å². The van der Waals surface area contributed by atoms with Crippen molar-refractivity contribution >= 4 is 16.1 Å². The van der Waals surface area contributed by atoms with Gasteiger partial charge in [0.15, 0.2) is 0 Å². The molecule has 21 heavy (non-hydrogen) atoms. The second-order valence-electron chi connectivity index (χ2n) is 6.88. The van der Waals surface area contributed by atoms with E-state index in [1.807, 2.05) is 0 Å². The third-order valence-corrected chi connectivity index (χ3v) is 6.41. The van der Waals surface area contributed by atoms with Crippen LogP contribution in [0.3, 0.4) is 0 Å². The molecular formula is C15H22O5S. The Morgan fingerprint density at radius 3 is 2.33 bits per heavy atom. The van der Waals surface area contributed by atoms with Gasteiger partial charge >= 0.3 is 5.97 Å². The van der Waals surface area contributed by atoms with Crippen molar-refractivity contribution in [1.29, 1.82) is 0 Å². The molecule has 0 aromatic rings. The Kier molecular flexibility index (Phi) is 3.44. The van der Waals surface area contributed by atoms with Crippen LogP contribution in [0.5, 0.6) is 0 Å². The zero-order valence-corrected chi connectivity index (χ0v) is 13.2. The van der Waals surface area contributed by atoms with Gasteiger partial charge in [-0.1, -0.05) is 6.58 Å². The van der Waals surface area contributed by atoms with E-state index in [0.29, 0.717) is 18.3 Å². The topological polar surface area (TPSA) is 69.7 Å². The summed E-state index contributed by atoms with van der Waals surface area (Å²) in [5, 5.41) is 0. The largest absolute Gasteiger partial charge is 0.456 e. The predicted octanol–water partition coefficient (Wildman–Crippen LogP) is 2.17. The molecule has 6 heteroatoms. The Hall–Kier alpha value is -0.880. The molecule has 0 saturated heterocycles. The lowest BCUT2D eigenvalue weighted by molar-refractivity contribution is -0.208. The lowest BCUT2D eigenvalue weighted by Crippen LogP contribution is -2.61. The highest BCUT2D eigenvalue weighted by molar-refractivity contribution is 7.86. The zero-order chi connectivity index (χ0) is 15.3. The first-order chi connectivity index (χ1) is 9.79. The van der Waals surface area contributed by atoms with Crippen LogP contribution in [0.25, 0.3) is 0 Å². The second-order valence-corrected chi connectivity index (χ2v) is 8.74. The van der Waals surface area contributed by atoms with Gasteiger partial charge in [0.2, 0.25) is 0 Å². The Morgan fingerprint density at radius 1 is 1.24 bits per heavy atom. The number of rotatable bonds is 5. The van der Waals surface area contributed by atoms with Crippen molar-refractivity contribution in [1.82, 2.24) is 0 Å². The van der Waals surface area contributed by atoms with Crippen molar-refractivity contribution in [3.63, 3.8) is 0 Å². The SMILES string of the molecule is C=CC(=O)OC12CC3CC(C1)CC(OS(=O)(=O)CC)(C3)C2. The number of hydrogen-bond acceptors (Lipinski definition) is 5. The van der Waals surface area contributed by atoms with Gasteiger partial charge in [0.1, 0.15) is 5.60 Å². The van der Waals surface area contributed by atoms with Crippen molar-refractivity contribution in [2.45, 2.75) is 56.7 Å². The van der Waals surface area contributed by atoms with Crippen LogP contribution in [-0.4, -0.2) is 31.3 Å². The summed E-state index contributed by atoms with van der Waals surface area (Å²) in [4.78, 5) is 11.6. The zero-order valence-electron chi connectivity index (χ0n) is 12.3. The number of esters is 1.